The highest BCUT2D eigenvalue weighted by molar-refractivity contribution is 6.30. The van der Waals surface area contributed by atoms with Gasteiger partial charge in [-0.2, -0.15) is 10.2 Å². The molecule has 1 saturated carbocycles. The van der Waals surface area contributed by atoms with E-state index >= 15 is 0 Å². The van der Waals surface area contributed by atoms with E-state index in [1.165, 1.54) is 0 Å². The summed E-state index contributed by atoms with van der Waals surface area (Å²) in [7, 11) is 0. The lowest BCUT2D eigenvalue weighted by atomic mass is 10.1. The molecule has 1 saturated heterocycles. The molecule has 210 valence electrons. The molecule has 1 aliphatic heterocycles. The van der Waals surface area contributed by atoms with E-state index in [1.54, 1.807) is 18.3 Å². The number of aromatic nitrogens is 4. The fraction of sp³-hybridized carbons (Fsp3) is 0.367. The van der Waals surface area contributed by atoms with Crippen LogP contribution in [0.3, 0.4) is 0 Å². The number of piperidine rings is 1. The summed E-state index contributed by atoms with van der Waals surface area (Å²) in [5.41, 5.74) is 4.91. The third kappa shape index (κ3) is 6.17. The highest BCUT2D eigenvalue weighted by Gasteiger charge is 2.44. The normalized spacial score (nSPS) is 16.8. The number of hydrogen-bond acceptors (Lipinski definition) is 8. The number of ether oxygens (including phenoxy) is 1. The molecule has 0 bridgehead atoms. The van der Waals surface area contributed by atoms with Gasteiger partial charge in [-0.15, -0.1) is 0 Å². The number of nitrogens with one attached hydrogen (secondary N) is 2. The van der Waals surface area contributed by atoms with E-state index in [0.717, 1.165) is 61.2 Å². The minimum atomic E-state index is -0.328. The Hall–Kier alpha value is -4.04. The number of nitrogens with zero attached hydrogens (tertiary/aromatic N) is 6. The Morgan fingerprint density at radius 2 is 1.93 bits per heavy atom. The molecule has 0 radical (unpaired) electrons. The molecule has 2 aromatic heterocycles. The van der Waals surface area contributed by atoms with Crippen LogP contribution in [0.1, 0.15) is 48.5 Å². The summed E-state index contributed by atoms with van der Waals surface area (Å²) in [5.74, 6) is 2.12. The predicted octanol–water partition coefficient (Wildman–Crippen LogP) is 4.72. The zero-order valence-electron chi connectivity index (χ0n) is 22.6. The number of hydroxylamine groups is 1. The summed E-state index contributed by atoms with van der Waals surface area (Å²) >= 11 is 6.00. The molecule has 6 rings (SSSR count). The molecule has 0 unspecified atom stereocenters. The molecular weight excluding hydrogens is 540 g/mol. The zero-order valence-corrected chi connectivity index (χ0v) is 23.3. The van der Waals surface area contributed by atoms with Crippen LogP contribution in [-0.2, 0) is 19.5 Å². The average Bonchev–Trinajstić information content (AvgIpc) is 3.70. The highest BCUT2D eigenvalue weighted by Crippen LogP contribution is 2.47. The molecule has 3 heterocycles. The number of benzene rings is 2. The SMILES string of the molecule is N#CC1(Cn2c(CN3CCC(Oc4ccnc(Cc5ccc(Cl)cc5)n4)CC3)nc3cc(C(=N)NO)ccc32)CC1. The number of fused-ring (bicyclic) bond motifs is 1. The lowest BCUT2D eigenvalue weighted by Gasteiger charge is -2.31. The minimum absolute atomic E-state index is 0.0659. The standard InChI is InChI=1S/C30H31ClN8O2/c31-22-4-1-20(2-5-22)15-26-34-12-7-28(36-26)41-23-8-13-38(14-9-23)17-27-35-24-16-21(29(33)37-40)3-6-25(24)39(27)19-30(18-32)10-11-30/h1-7,12,16,23,40H,8-11,13-15,17,19H2,(H2,33,37). The van der Waals surface area contributed by atoms with Crippen LogP contribution < -0.4 is 10.2 Å². The van der Waals surface area contributed by atoms with Crippen molar-refractivity contribution in [1.82, 2.24) is 29.9 Å². The first-order chi connectivity index (χ1) is 19.9. The zero-order chi connectivity index (χ0) is 28.4. The summed E-state index contributed by atoms with van der Waals surface area (Å²) in [5, 5.41) is 27.5. The smallest absolute Gasteiger partial charge is 0.216 e. The molecule has 2 aliphatic rings. The van der Waals surface area contributed by atoms with Crippen molar-refractivity contribution < 1.29 is 9.94 Å². The van der Waals surface area contributed by atoms with Crippen molar-refractivity contribution in [3.8, 4) is 11.9 Å². The Kier molecular flexibility index (Phi) is 7.58. The quantitative estimate of drug-likeness (QED) is 0.149. The number of nitriles is 1. The van der Waals surface area contributed by atoms with Crippen molar-refractivity contribution in [3.05, 3.63) is 82.5 Å². The van der Waals surface area contributed by atoms with Gasteiger partial charge in [0.1, 0.15) is 23.6 Å². The van der Waals surface area contributed by atoms with E-state index in [-0.39, 0.29) is 17.4 Å². The number of amidine groups is 1. The molecule has 0 amide bonds. The fourth-order valence-electron chi connectivity index (χ4n) is 5.33. The highest BCUT2D eigenvalue weighted by atomic mass is 35.5. The van der Waals surface area contributed by atoms with E-state index in [1.807, 2.05) is 41.9 Å². The summed E-state index contributed by atoms with van der Waals surface area (Å²) in [6, 6.07) is 17.5. The molecule has 0 spiro atoms. The van der Waals surface area contributed by atoms with Crippen LogP contribution in [0, 0.1) is 22.2 Å². The Morgan fingerprint density at radius 1 is 1.15 bits per heavy atom. The van der Waals surface area contributed by atoms with Crippen LogP contribution >= 0.6 is 11.6 Å². The molecule has 10 nitrogen and oxygen atoms in total. The third-order valence-corrected chi connectivity index (χ3v) is 8.17. The van der Waals surface area contributed by atoms with Crippen LogP contribution in [0.15, 0.2) is 54.7 Å². The molecule has 1 aliphatic carbocycles. The van der Waals surface area contributed by atoms with Gasteiger partial charge in [0, 0.05) is 48.9 Å². The number of halogens is 1. The molecule has 2 aromatic carbocycles. The summed E-state index contributed by atoms with van der Waals surface area (Å²) in [6.45, 7) is 2.97. The van der Waals surface area contributed by atoms with Gasteiger partial charge in [-0.3, -0.25) is 21.0 Å². The van der Waals surface area contributed by atoms with E-state index in [4.69, 9.17) is 31.9 Å². The fourth-order valence-corrected chi connectivity index (χ4v) is 5.45. The monoisotopic (exact) mass is 570 g/mol. The van der Waals surface area contributed by atoms with Crippen molar-refractivity contribution in [1.29, 1.82) is 10.7 Å². The number of likely N-dealkylation sites (tertiary alicyclic amines) is 1. The second-order valence-corrected chi connectivity index (χ2v) is 11.3. The first-order valence-electron chi connectivity index (χ1n) is 13.8. The largest absolute Gasteiger partial charge is 0.474 e. The molecule has 2 fully saturated rings. The Labute approximate surface area is 243 Å². The number of rotatable bonds is 9. The Morgan fingerprint density at radius 3 is 2.63 bits per heavy atom. The topological polar surface area (TPSA) is 136 Å². The predicted molar refractivity (Wildman–Crippen MR) is 154 cm³/mol. The van der Waals surface area contributed by atoms with Crippen LogP contribution in [0.2, 0.25) is 5.02 Å². The van der Waals surface area contributed by atoms with Crippen LogP contribution in [0.4, 0.5) is 0 Å². The Balaban J connectivity index is 1.11. The third-order valence-electron chi connectivity index (χ3n) is 7.92. The maximum Gasteiger partial charge on any atom is 0.216 e. The van der Waals surface area contributed by atoms with Gasteiger partial charge in [0.15, 0.2) is 0 Å². The average molecular weight is 571 g/mol. The second-order valence-electron chi connectivity index (χ2n) is 10.9. The van der Waals surface area contributed by atoms with E-state index in [0.29, 0.717) is 41.8 Å². The Bertz CT molecular complexity index is 1600. The van der Waals surface area contributed by atoms with Crippen molar-refractivity contribution >= 4 is 28.5 Å². The lowest BCUT2D eigenvalue weighted by molar-refractivity contribution is 0.0909. The van der Waals surface area contributed by atoms with Gasteiger partial charge in [0.25, 0.3) is 0 Å². The van der Waals surface area contributed by atoms with Crippen LogP contribution in [0.5, 0.6) is 5.88 Å². The van der Waals surface area contributed by atoms with E-state index < -0.39 is 0 Å². The van der Waals surface area contributed by atoms with Gasteiger partial charge in [-0.25, -0.2) is 9.97 Å². The van der Waals surface area contributed by atoms with Gasteiger partial charge in [-0.1, -0.05) is 23.7 Å². The lowest BCUT2D eigenvalue weighted by Crippen LogP contribution is -2.38. The molecule has 41 heavy (non-hydrogen) atoms. The molecule has 3 N–H and O–H groups in total. The van der Waals surface area contributed by atoms with Crippen LogP contribution in [-0.4, -0.2) is 54.7 Å². The molecule has 0 atom stereocenters. The van der Waals surface area contributed by atoms with Gasteiger partial charge < -0.3 is 9.30 Å². The molecule has 11 heteroatoms. The number of hydrogen-bond donors (Lipinski definition) is 3. The van der Waals surface area contributed by atoms with Gasteiger partial charge >= 0.3 is 0 Å². The first kappa shape index (κ1) is 27.1. The first-order valence-corrected chi connectivity index (χ1v) is 14.2. The second kappa shape index (κ2) is 11.4. The summed E-state index contributed by atoms with van der Waals surface area (Å²) in [4.78, 5) is 16.3. The van der Waals surface area contributed by atoms with Gasteiger partial charge in [0.2, 0.25) is 5.88 Å². The summed E-state index contributed by atoms with van der Waals surface area (Å²) < 4.78 is 8.42. The van der Waals surface area contributed by atoms with E-state index in [2.05, 4.69) is 25.5 Å². The van der Waals surface area contributed by atoms with Crippen molar-refractivity contribution in [3.63, 3.8) is 0 Å². The molecule has 4 aromatic rings. The van der Waals surface area contributed by atoms with Crippen molar-refractivity contribution in [2.45, 2.75) is 51.3 Å². The van der Waals surface area contributed by atoms with Crippen molar-refractivity contribution in [2.75, 3.05) is 13.1 Å². The van der Waals surface area contributed by atoms with E-state index in [9.17, 15) is 5.26 Å². The number of imidazole rings is 1. The molecular formula is C30H31ClN8O2. The van der Waals surface area contributed by atoms with Gasteiger partial charge in [-0.05, 0) is 61.6 Å². The van der Waals surface area contributed by atoms with Gasteiger partial charge in [0.05, 0.1) is 29.1 Å². The van der Waals surface area contributed by atoms with Crippen LogP contribution in [0.25, 0.3) is 11.0 Å². The maximum absolute atomic E-state index is 9.75. The van der Waals surface area contributed by atoms with Crippen molar-refractivity contribution in [2.24, 2.45) is 5.41 Å². The maximum atomic E-state index is 9.75. The summed E-state index contributed by atoms with van der Waals surface area (Å²) in [6.07, 6.45) is 5.94. The minimum Gasteiger partial charge on any atom is -0.474 e.